The van der Waals surface area contributed by atoms with Gasteiger partial charge >= 0.3 is 0 Å². The number of carbonyl (C=O) groups excluding carboxylic acids is 1. The molecule has 0 aliphatic heterocycles. The Labute approximate surface area is 115 Å². The number of hydrogen-bond acceptors (Lipinski definition) is 3. The van der Waals surface area contributed by atoms with Crippen LogP contribution in [-0.4, -0.2) is 27.9 Å². The van der Waals surface area contributed by atoms with Gasteiger partial charge in [-0.3, -0.25) is 9.78 Å². The number of aromatic nitrogens is 1. The minimum absolute atomic E-state index is 0.0498. The molecule has 2 N–H and O–H groups in total. The van der Waals surface area contributed by atoms with Crippen LogP contribution in [0.5, 0.6) is 0 Å². The summed E-state index contributed by atoms with van der Waals surface area (Å²) in [4.78, 5) is 18.4. The third kappa shape index (κ3) is 4.03. The maximum atomic E-state index is 12.4. The monoisotopic (exact) mass is 261 g/mol. The Kier molecular flexibility index (Phi) is 4.53. The van der Waals surface area contributed by atoms with E-state index in [4.69, 9.17) is 5.73 Å². The van der Waals surface area contributed by atoms with Crippen molar-refractivity contribution in [2.45, 2.75) is 51.7 Å². The summed E-state index contributed by atoms with van der Waals surface area (Å²) < 4.78 is 0. The average Bonchev–Trinajstić information content (AvgIpc) is 3.21. The van der Waals surface area contributed by atoms with Crippen molar-refractivity contribution in [1.82, 2.24) is 9.88 Å². The van der Waals surface area contributed by atoms with Gasteiger partial charge in [0, 0.05) is 37.4 Å². The Morgan fingerprint density at radius 1 is 1.42 bits per heavy atom. The molecule has 19 heavy (non-hydrogen) atoms. The number of nitrogens with zero attached hydrogens (tertiary/aromatic N) is 2. The van der Waals surface area contributed by atoms with E-state index in [9.17, 15) is 4.79 Å². The van der Waals surface area contributed by atoms with E-state index < -0.39 is 0 Å². The van der Waals surface area contributed by atoms with Gasteiger partial charge in [0.25, 0.3) is 0 Å². The minimum Gasteiger partial charge on any atom is -0.335 e. The maximum absolute atomic E-state index is 12.4. The summed E-state index contributed by atoms with van der Waals surface area (Å²) in [5.41, 5.74) is 7.14. The Balaban J connectivity index is 1.98. The van der Waals surface area contributed by atoms with Gasteiger partial charge in [0.15, 0.2) is 0 Å². The molecule has 0 aromatic carbocycles. The summed E-state index contributed by atoms with van der Waals surface area (Å²) >= 11 is 0. The molecule has 0 saturated heterocycles. The molecule has 104 valence electrons. The van der Waals surface area contributed by atoms with Gasteiger partial charge in [0.1, 0.15) is 0 Å². The van der Waals surface area contributed by atoms with E-state index in [2.05, 4.69) is 18.8 Å². The smallest absolute Gasteiger partial charge is 0.224 e. The second-order valence-electron chi connectivity index (χ2n) is 5.72. The molecule has 1 saturated carbocycles. The largest absolute Gasteiger partial charge is 0.335 e. The standard InChI is InChI=1S/C15H23N3O/c1-11(2)14(16)9-15(19)18(13-3-4-13)10-12-5-7-17-8-6-12/h5-8,11,13-14H,3-4,9-10,16H2,1-2H3. The number of amides is 1. The Hall–Kier alpha value is -1.42. The van der Waals surface area contributed by atoms with Gasteiger partial charge in [-0.1, -0.05) is 13.8 Å². The highest BCUT2D eigenvalue weighted by molar-refractivity contribution is 5.77. The van der Waals surface area contributed by atoms with Crippen LogP contribution in [0.3, 0.4) is 0 Å². The lowest BCUT2D eigenvalue weighted by Gasteiger charge is -2.25. The highest BCUT2D eigenvalue weighted by Crippen LogP contribution is 2.29. The third-order valence-corrected chi connectivity index (χ3v) is 3.68. The lowest BCUT2D eigenvalue weighted by atomic mass is 10.0. The molecule has 1 aromatic heterocycles. The second kappa shape index (κ2) is 6.15. The van der Waals surface area contributed by atoms with Crippen LogP contribution in [0.2, 0.25) is 0 Å². The molecule has 1 aromatic rings. The summed E-state index contributed by atoms with van der Waals surface area (Å²) in [5.74, 6) is 0.520. The zero-order chi connectivity index (χ0) is 13.8. The summed E-state index contributed by atoms with van der Waals surface area (Å²) in [7, 11) is 0. The Bertz CT molecular complexity index is 415. The van der Waals surface area contributed by atoms with E-state index in [1.54, 1.807) is 12.4 Å². The van der Waals surface area contributed by atoms with Crippen LogP contribution in [0.4, 0.5) is 0 Å². The first-order chi connectivity index (χ1) is 9.08. The maximum Gasteiger partial charge on any atom is 0.224 e. The molecule has 2 rings (SSSR count). The molecular weight excluding hydrogens is 238 g/mol. The van der Waals surface area contributed by atoms with E-state index in [1.165, 1.54) is 0 Å². The number of nitrogens with two attached hydrogens (primary N) is 1. The van der Waals surface area contributed by atoms with Crippen LogP contribution in [0.25, 0.3) is 0 Å². The lowest BCUT2D eigenvalue weighted by Crippen LogP contribution is -2.38. The van der Waals surface area contributed by atoms with Gasteiger partial charge in [-0.15, -0.1) is 0 Å². The van der Waals surface area contributed by atoms with Crippen molar-refractivity contribution in [1.29, 1.82) is 0 Å². The van der Waals surface area contributed by atoms with Gasteiger partial charge in [0.05, 0.1) is 0 Å². The predicted molar refractivity (Wildman–Crippen MR) is 75.2 cm³/mol. The predicted octanol–water partition coefficient (Wildman–Crippen LogP) is 1.95. The fraction of sp³-hybridized carbons (Fsp3) is 0.600. The third-order valence-electron chi connectivity index (χ3n) is 3.68. The van der Waals surface area contributed by atoms with Crippen molar-refractivity contribution in [3.05, 3.63) is 30.1 Å². The molecule has 1 heterocycles. The number of rotatable bonds is 6. The van der Waals surface area contributed by atoms with E-state index in [1.807, 2.05) is 17.0 Å². The van der Waals surface area contributed by atoms with Gasteiger partial charge in [0.2, 0.25) is 5.91 Å². The summed E-state index contributed by atoms with van der Waals surface area (Å²) in [5, 5.41) is 0. The minimum atomic E-state index is -0.0498. The molecule has 0 bridgehead atoms. The van der Waals surface area contributed by atoms with E-state index in [-0.39, 0.29) is 11.9 Å². The molecule has 1 aliphatic rings. The van der Waals surface area contributed by atoms with Crippen molar-refractivity contribution in [3.8, 4) is 0 Å². The molecule has 1 atom stereocenters. The quantitative estimate of drug-likeness (QED) is 0.851. The van der Waals surface area contributed by atoms with E-state index in [0.29, 0.717) is 24.9 Å². The van der Waals surface area contributed by atoms with Crippen LogP contribution in [0.1, 0.15) is 38.7 Å². The van der Waals surface area contributed by atoms with Crippen LogP contribution in [0.15, 0.2) is 24.5 Å². The molecule has 1 unspecified atom stereocenters. The molecule has 1 fully saturated rings. The Morgan fingerprint density at radius 3 is 2.58 bits per heavy atom. The normalized spacial score (nSPS) is 16.4. The van der Waals surface area contributed by atoms with Gasteiger partial charge < -0.3 is 10.6 Å². The van der Waals surface area contributed by atoms with Crippen LogP contribution >= 0.6 is 0 Å². The first kappa shape index (κ1) is 14.0. The zero-order valence-electron chi connectivity index (χ0n) is 11.7. The first-order valence-corrected chi connectivity index (χ1v) is 7.02. The average molecular weight is 261 g/mol. The SMILES string of the molecule is CC(C)C(N)CC(=O)N(Cc1ccncc1)C1CC1. The van der Waals surface area contributed by atoms with Crippen molar-refractivity contribution < 1.29 is 4.79 Å². The van der Waals surface area contributed by atoms with Crippen molar-refractivity contribution in [2.75, 3.05) is 0 Å². The van der Waals surface area contributed by atoms with Crippen LogP contribution < -0.4 is 5.73 Å². The number of pyridine rings is 1. The van der Waals surface area contributed by atoms with Crippen molar-refractivity contribution in [3.63, 3.8) is 0 Å². The summed E-state index contributed by atoms with van der Waals surface area (Å²) in [6.45, 7) is 4.79. The van der Waals surface area contributed by atoms with Crippen LogP contribution in [0, 0.1) is 5.92 Å². The molecule has 4 nitrogen and oxygen atoms in total. The van der Waals surface area contributed by atoms with Crippen molar-refractivity contribution in [2.24, 2.45) is 11.7 Å². The first-order valence-electron chi connectivity index (χ1n) is 7.02. The van der Waals surface area contributed by atoms with Crippen LogP contribution in [-0.2, 0) is 11.3 Å². The molecule has 1 amide bonds. The highest BCUT2D eigenvalue weighted by Gasteiger charge is 2.33. The topological polar surface area (TPSA) is 59.2 Å². The number of carbonyl (C=O) groups is 1. The molecule has 0 radical (unpaired) electrons. The molecular formula is C15H23N3O. The van der Waals surface area contributed by atoms with E-state index in [0.717, 1.165) is 18.4 Å². The highest BCUT2D eigenvalue weighted by atomic mass is 16.2. The molecule has 4 heteroatoms. The molecule has 0 spiro atoms. The zero-order valence-corrected chi connectivity index (χ0v) is 11.7. The van der Waals surface area contributed by atoms with Gasteiger partial charge in [-0.2, -0.15) is 0 Å². The van der Waals surface area contributed by atoms with Gasteiger partial charge in [-0.25, -0.2) is 0 Å². The second-order valence-corrected chi connectivity index (χ2v) is 5.72. The Morgan fingerprint density at radius 2 is 2.05 bits per heavy atom. The molecule has 1 aliphatic carbocycles. The van der Waals surface area contributed by atoms with Crippen molar-refractivity contribution >= 4 is 5.91 Å². The summed E-state index contributed by atoms with van der Waals surface area (Å²) in [6, 6.07) is 4.29. The van der Waals surface area contributed by atoms with E-state index >= 15 is 0 Å². The van der Waals surface area contributed by atoms with Gasteiger partial charge in [-0.05, 0) is 36.5 Å². The lowest BCUT2D eigenvalue weighted by molar-refractivity contribution is -0.133. The number of hydrogen-bond donors (Lipinski definition) is 1. The summed E-state index contributed by atoms with van der Waals surface area (Å²) in [6.07, 6.45) is 6.22. The fourth-order valence-corrected chi connectivity index (χ4v) is 2.05. The fourth-order valence-electron chi connectivity index (χ4n) is 2.05.